The number of benzene rings is 1. The lowest BCUT2D eigenvalue weighted by Crippen LogP contribution is -2.54. The van der Waals surface area contributed by atoms with Crippen molar-refractivity contribution in [2.45, 2.75) is 19.0 Å². The van der Waals surface area contributed by atoms with Crippen LogP contribution in [0.15, 0.2) is 48.9 Å². The summed E-state index contributed by atoms with van der Waals surface area (Å²) in [5, 5.41) is 8.77. The van der Waals surface area contributed by atoms with Gasteiger partial charge in [0.15, 0.2) is 17.3 Å². The molecule has 4 aromatic rings. The number of alkyl halides is 3. The lowest BCUT2D eigenvalue weighted by molar-refractivity contribution is -0.895. The first-order valence-corrected chi connectivity index (χ1v) is 16.9. The number of amides is 4. The van der Waals surface area contributed by atoms with Gasteiger partial charge in [-0.25, -0.2) is 14.6 Å². The molecule has 5 heterocycles. The van der Waals surface area contributed by atoms with Crippen LogP contribution in [0.2, 0.25) is 5.02 Å². The standard InChI is InChI=1S/C34H36ClF3N10O4/c1-39-30(49)21-4-7-27(40-17-21)47-19-24(28(44-47)34(36,37)38)26-18-41-29(43-26)31(50)42-22-5-6-23(25(35)16-22)33(52)46-12-10-45(11-13-46)32(51)20-8-14-48(2,3)15-9-20/h4-7,16-20H,8-15H2,1-3H3,(H2-,39,41,42,43,49,50,52)/p+1. The molecule has 0 radical (unpaired) electrons. The topological polar surface area (TPSA) is 158 Å². The van der Waals surface area contributed by atoms with E-state index >= 15 is 0 Å². The largest absolute Gasteiger partial charge is 0.435 e. The second-order valence-electron chi connectivity index (χ2n) is 13.4. The summed E-state index contributed by atoms with van der Waals surface area (Å²) in [4.78, 5) is 65.4. The second kappa shape index (κ2) is 14.4. The van der Waals surface area contributed by atoms with Gasteiger partial charge in [0.2, 0.25) is 5.91 Å². The number of carbonyl (C=O) groups is 4. The number of quaternary nitrogens is 1. The summed E-state index contributed by atoms with van der Waals surface area (Å²) in [6, 6.07) is 7.10. The van der Waals surface area contributed by atoms with Crippen molar-refractivity contribution in [1.82, 2.24) is 39.8 Å². The summed E-state index contributed by atoms with van der Waals surface area (Å²) in [7, 11) is 5.77. The number of imidazole rings is 1. The summed E-state index contributed by atoms with van der Waals surface area (Å²) in [5.41, 5.74) is -1.10. The van der Waals surface area contributed by atoms with E-state index < -0.39 is 23.7 Å². The van der Waals surface area contributed by atoms with Crippen molar-refractivity contribution in [3.63, 3.8) is 0 Å². The fourth-order valence-corrected chi connectivity index (χ4v) is 6.56. The number of anilines is 1. The molecule has 14 nitrogen and oxygen atoms in total. The van der Waals surface area contributed by atoms with Crippen LogP contribution in [0, 0.1) is 5.92 Å². The van der Waals surface area contributed by atoms with Gasteiger partial charge in [0.1, 0.15) is 0 Å². The molecule has 0 bridgehead atoms. The maximum atomic E-state index is 14.0. The Bertz CT molecular complexity index is 1990. The predicted molar refractivity (Wildman–Crippen MR) is 184 cm³/mol. The third-order valence-corrected chi connectivity index (χ3v) is 9.70. The lowest BCUT2D eigenvalue weighted by Gasteiger charge is -2.40. The molecule has 4 amide bonds. The smallest absolute Gasteiger partial charge is 0.355 e. The Labute approximate surface area is 301 Å². The Kier molecular flexibility index (Phi) is 10.1. The van der Waals surface area contributed by atoms with E-state index in [9.17, 15) is 32.3 Å². The lowest BCUT2D eigenvalue weighted by atomic mass is 9.94. The minimum absolute atomic E-state index is 0.0131. The molecule has 0 saturated carbocycles. The van der Waals surface area contributed by atoms with Gasteiger partial charge < -0.3 is 29.9 Å². The SMILES string of the molecule is CNC(=O)c1ccc(-n2cc(-c3cnc(C(=O)Nc4ccc(C(=O)N5CCN(C(=O)C6CC[N+](C)(C)CC6)CC5)c(Cl)c4)[nH]3)c(C(F)(F)F)n2)nc1. The molecule has 0 unspecified atom stereocenters. The van der Waals surface area contributed by atoms with Crippen molar-refractivity contribution in [1.29, 1.82) is 0 Å². The number of rotatable bonds is 7. The van der Waals surface area contributed by atoms with Crippen molar-refractivity contribution in [2.75, 3.05) is 65.7 Å². The number of hydrogen-bond donors (Lipinski definition) is 3. The van der Waals surface area contributed by atoms with E-state index in [1.54, 1.807) is 4.90 Å². The molecule has 2 saturated heterocycles. The van der Waals surface area contributed by atoms with Gasteiger partial charge in [-0.3, -0.25) is 19.2 Å². The number of aromatic amines is 1. The molecule has 2 aliphatic rings. The average molecular weight is 742 g/mol. The molecule has 2 fully saturated rings. The van der Waals surface area contributed by atoms with Gasteiger partial charge in [-0.15, -0.1) is 0 Å². The van der Waals surface area contributed by atoms with Crippen LogP contribution in [-0.2, 0) is 11.0 Å². The van der Waals surface area contributed by atoms with Gasteiger partial charge in [0.25, 0.3) is 17.7 Å². The minimum atomic E-state index is -4.86. The van der Waals surface area contributed by atoms with Crippen molar-refractivity contribution < 1.29 is 36.8 Å². The zero-order chi connectivity index (χ0) is 37.4. The van der Waals surface area contributed by atoms with Crippen molar-refractivity contribution >= 4 is 40.9 Å². The number of likely N-dealkylation sites (tertiary alicyclic amines) is 1. The number of piperidine rings is 1. The molecule has 3 aromatic heterocycles. The number of nitrogens with zero attached hydrogens (tertiary/aromatic N) is 7. The molecular weight excluding hydrogens is 705 g/mol. The Hall–Kier alpha value is -5.29. The van der Waals surface area contributed by atoms with Crippen molar-refractivity contribution in [3.8, 4) is 17.1 Å². The summed E-state index contributed by atoms with van der Waals surface area (Å²) >= 11 is 6.48. The number of H-pyrrole nitrogens is 1. The minimum Gasteiger partial charge on any atom is -0.355 e. The number of hydrogen-bond acceptors (Lipinski definition) is 7. The van der Waals surface area contributed by atoms with Crippen molar-refractivity contribution in [3.05, 3.63) is 76.6 Å². The summed E-state index contributed by atoms with van der Waals surface area (Å²) in [6.07, 6.45) is 0.217. The number of pyridine rings is 1. The quantitative estimate of drug-likeness (QED) is 0.244. The first kappa shape index (κ1) is 36.5. The Morgan fingerprint density at radius 2 is 1.63 bits per heavy atom. The zero-order valence-electron chi connectivity index (χ0n) is 28.6. The molecule has 3 N–H and O–H groups in total. The first-order valence-electron chi connectivity index (χ1n) is 16.6. The van der Waals surface area contributed by atoms with Crippen LogP contribution in [0.5, 0.6) is 0 Å². The van der Waals surface area contributed by atoms with Crippen LogP contribution in [-0.4, -0.2) is 123 Å². The number of piperazine rings is 1. The normalized spacial score (nSPS) is 16.4. The summed E-state index contributed by atoms with van der Waals surface area (Å²) in [6.45, 7) is 3.52. The fourth-order valence-electron chi connectivity index (χ4n) is 6.30. The Balaban J connectivity index is 1.09. The summed E-state index contributed by atoms with van der Waals surface area (Å²) < 4.78 is 43.8. The van der Waals surface area contributed by atoms with Gasteiger partial charge in [-0.05, 0) is 30.3 Å². The average Bonchev–Trinajstić information content (AvgIpc) is 3.80. The predicted octanol–water partition coefficient (Wildman–Crippen LogP) is 3.71. The molecule has 0 spiro atoms. The highest BCUT2D eigenvalue weighted by atomic mass is 35.5. The van der Waals surface area contributed by atoms with Gasteiger partial charge in [-0.1, -0.05) is 11.6 Å². The molecule has 6 rings (SSSR count). The van der Waals surface area contributed by atoms with E-state index in [1.807, 2.05) is 4.90 Å². The van der Waals surface area contributed by atoms with Gasteiger partial charge in [0.05, 0.1) is 60.8 Å². The highest BCUT2D eigenvalue weighted by Crippen LogP contribution is 2.36. The van der Waals surface area contributed by atoms with E-state index in [2.05, 4.69) is 44.8 Å². The zero-order valence-corrected chi connectivity index (χ0v) is 29.4. The van der Waals surface area contributed by atoms with E-state index in [-0.39, 0.29) is 62.5 Å². The third-order valence-electron chi connectivity index (χ3n) is 9.39. The highest BCUT2D eigenvalue weighted by molar-refractivity contribution is 6.34. The second-order valence-corrected chi connectivity index (χ2v) is 13.8. The van der Waals surface area contributed by atoms with Crippen LogP contribution in [0.1, 0.15) is 49.9 Å². The van der Waals surface area contributed by atoms with E-state index in [1.165, 1.54) is 43.6 Å². The summed E-state index contributed by atoms with van der Waals surface area (Å²) in [5.74, 6) is -1.59. The van der Waals surface area contributed by atoms with Gasteiger partial charge >= 0.3 is 6.18 Å². The number of halogens is 4. The molecule has 18 heteroatoms. The van der Waals surface area contributed by atoms with Crippen LogP contribution in [0.25, 0.3) is 17.1 Å². The maximum absolute atomic E-state index is 14.0. The molecule has 0 atom stereocenters. The molecular formula is C34H37ClF3N10O4+. The first-order chi connectivity index (χ1) is 24.6. The highest BCUT2D eigenvalue weighted by Gasteiger charge is 2.39. The van der Waals surface area contributed by atoms with Gasteiger partial charge in [-0.2, -0.15) is 18.3 Å². The molecule has 274 valence electrons. The third kappa shape index (κ3) is 7.79. The van der Waals surface area contributed by atoms with Crippen LogP contribution >= 0.6 is 11.6 Å². The van der Waals surface area contributed by atoms with Crippen LogP contribution in [0.4, 0.5) is 18.9 Å². The monoisotopic (exact) mass is 741 g/mol. The fraction of sp³-hybridized carbons (Fsp3) is 0.382. The molecule has 1 aromatic carbocycles. The van der Waals surface area contributed by atoms with Crippen LogP contribution < -0.4 is 10.6 Å². The van der Waals surface area contributed by atoms with E-state index in [0.29, 0.717) is 26.2 Å². The van der Waals surface area contributed by atoms with Gasteiger partial charge in [0, 0.05) is 70.1 Å². The molecule has 2 aliphatic heterocycles. The molecule has 52 heavy (non-hydrogen) atoms. The maximum Gasteiger partial charge on any atom is 0.435 e. The Morgan fingerprint density at radius 3 is 2.25 bits per heavy atom. The Morgan fingerprint density at radius 1 is 0.942 bits per heavy atom. The van der Waals surface area contributed by atoms with E-state index in [0.717, 1.165) is 47.5 Å². The van der Waals surface area contributed by atoms with Crippen LogP contribution in [0.3, 0.4) is 0 Å². The molecule has 0 aliphatic carbocycles. The number of carbonyl (C=O) groups excluding carboxylic acids is 4. The number of nitrogens with one attached hydrogen (secondary N) is 3. The van der Waals surface area contributed by atoms with E-state index in [4.69, 9.17) is 11.6 Å². The number of aromatic nitrogens is 5. The van der Waals surface area contributed by atoms with Crippen molar-refractivity contribution in [2.24, 2.45) is 5.92 Å².